The average Bonchev–Trinajstić information content (AvgIpc) is 2.83. The molecule has 1 aliphatic rings. The zero-order valence-corrected chi connectivity index (χ0v) is 11.7. The Labute approximate surface area is 122 Å². The third-order valence-corrected chi connectivity index (χ3v) is 2.87. The fourth-order valence-electron chi connectivity index (χ4n) is 1.97. The van der Waals surface area contributed by atoms with Gasteiger partial charge < -0.3 is 20.5 Å². The third kappa shape index (κ3) is 4.63. The van der Waals surface area contributed by atoms with Gasteiger partial charge in [-0.15, -0.1) is 12.4 Å². The monoisotopic (exact) mass is 304 g/mol. The van der Waals surface area contributed by atoms with Crippen LogP contribution in [0.15, 0.2) is 24.3 Å². The Bertz CT molecular complexity index is 447. The molecule has 1 heterocycles. The largest absolute Gasteiger partial charge is 0.491 e. The van der Waals surface area contributed by atoms with E-state index >= 15 is 0 Å². The van der Waals surface area contributed by atoms with Crippen LogP contribution in [0.2, 0.25) is 0 Å². The number of hydrogen-bond donors (Lipinski definition) is 3. The molecule has 3 N–H and O–H groups in total. The van der Waals surface area contributed by atoms with Crippen molar-refractivity contribution in [2.24, 2.45) is 0 Å². The molecule has 2 unspecified atom stereocenters. The molecule has 0 saturated carbocycles. The molecule has 2 rings (SSSR count). The van der Waals surface area contributed by atoms with Gasteiger partial charge >= 0.3 is 0 Å². The molecule has 5 nitrogen and oxygen atoms in total. The van der Waals surface area contributed by atoms with Crippen molar-refractivity contribution in [3.8, 4) is 5.75 Å². The average molecular weight is 305 g/mol. The molecule has 1 aromatic carbocycles. The predicted molar refractivity (Wildman–Crippen MR) is 76.2 cm³/mol. The predicted octanol–water partition coefficient (Wildman–Crippen LogP) is 1.12. The zero-order chi connectivity index (χ0) is 13.7. The highest BCUT2D eigenvalue weighted by Gasteiger charge is 2.27. The molecular formula is C13H18ClFN2O3. The summed E-state index contributed by atoms with van der Waals surface area (Å²) in [5.41, 5.74) is 0.588. The van der Waals surface area contributed by atoms with Crippen molar-refractivity contribution in [1.29, 1.82) is 0 Å². The van der Waals surface area contributed by atoms with E-state index in [2.05, 4.69) is 10.6 Å². The molecule has 1 fully saturated rings. The van der Waals surface area contributed by atoms with Crippen LogP contribution >= 0.6 is 12.4 Å². The van der Waals surface area contributed by atoms with Gasteiger partial charge in [0.25, 0.3) is 0 Å². The van der Waals surface area contributed by atoms with E-state index in [1.54, 1.807) is 24.3 Å². The summed E-state index contributed by atoms with van der Waals surface area (Å²) in [5, 5.41) is 15.0. The van der Waals surface area contributed by atoms with E-state index in [0.29, 0.717) is 24.4 Å². The number of aliphatic hydroxyl groups excluding tert-OH is 1. The van der Waals surface area contributed by atoms with Crippen LogP contribution in [0.3, 0.4) is 0 Å². The van der Waals surface area contributed by atoms with Gasteiger partial charge in [-0.2, -0.15) is 0 Å². The van der Waals surface area contributed by atoms with Crippen LogP contribution in [0.5, 0.6) is 5.75 Å². The summed E-state index contributed by atoms with van der Waals surface area (Å²) in [6, 6.07) is 6.40. The number of ether oxygens (including phenoxy) is 1. The number of halogens is 2. The van der Waals surface area contributed by atoms with E-state index in [-0.39, 0.29) is 31.0 Å². The molecule has 0 bridgehead atoms. The van der Waals surface area contributed by atoms with Gasteiger partial charge in [0, 0.05) is 18.3 Å². The second-order valence-electron chi connectivity index (χ2n) is 4.40. The van der Waals surface area contributed by atoms with Crippen LogP contribution in [0.1, 0.15) is 6.42 Å². The molecule has 1 amide bonds. The van der Waals surface area contributed by atoms with Crippen LogP contribution in [-0.4, -0.2) is 43.0 Å². The summed E-state index contributed by atoms with van der Waals surface area (Å²) in [7, 11) is 0. The standard InChI is InChI=1S/C13H17FN2O3.ClH/c14-4-5-19-11-3-1-2-9(6-11)16-13(18)12-7-10(17)8-15-12;/h1-3,6,10,12,15,17H,4-5,7-8H2,(H,16,18);1H. The molecule has 0 aromatic heterocycles. The van der Waals surface area contributed by atoms with E-state index in [1.165, 1.54) is 0 Å². The Morgan fingerprint density at radius 3 is 3.00 bits per heavy atom. The molecule has 7 heteroatoms. The topological polar surface area (TPSA) is 70.6 Å². The molecule has 2 atom stereocenters. The van der Waals surface area contributed by atoms with E-state index in [4.69, 9.17) is 4.74 Å². The first-order valence-electron chi connectivity index (χ1n) is 6.20. The van der Waals surface area contributed by atoms with E-state index in [9.17, 15) is 14.3 Å². The van der Waals surface area contributed by atoms with Gasteiger partial charge in [-0.3, -0.25) is 4.79 Å². The van der Waals surface area contributed by atoms with Crippen molar-refractivity contribution in [3.05, 3.63) is 24.3 Å². The summed E-state index contributed by atoms with van der Waals surface area (Å²) < 4.78 is 17.1. The fraction of sp³-hybridized carbons (Fsp3) is 0.462. The maximum absolute atomic E-state index is 12.0. The van der Waals surface area contributed by atoms with Crippen LogP contribution in [0.4, 0.5) is 10.1 Å². The molecule has 1 aromatic rings. The van der Waals surface area contributed by atoms with Gasteiger partial charge in [0.05, 0.1) is 12.1 Å². The zero-order valence-electron chi connectivity index (χ0n) is 10.8. The first-order valence-corrected chi connectivity index (χ1v) is 6.20. The number of hydrogen-bond acceptors (Lipinski definition) is 4. The lowest BCUT2D eigenvalue weighted by molar-refractivity contribution is -0.117. The number of anilines is 1. The van der Waals surface area contributed by atoms with Crippen LogP contribution in [0.25, 0.3) is 0 Å². The van der Waals surface area contributed by atoms with E-state index < -0.39 is 12.8 Å². The van der Waals surface area contributed by atoms with Crippen LogP contribution in [0, 0.1) is 0 Å². The molecule has 20 heavy (non-hydrogen) atoms. The van der Waals surface area contributed by atoms with Gasteiger partial charge in [-0.25, -0.2) is 4.39 Å². The minimum atomic E-state index is -0.555. The number of benzene rings is 1. The summed E-state index contributed by atoms with van der Waals surface area (Å²) in [6.45, 7) is -0.133. The lowest BCUT2D eigenvalue weighted by atomic mass is 10.2. The lowest BCUT2D eigenvalue weighted by Crippen LogP contribution is -2.35. The maximum Gasteiger partial charge on any atom is 0.241 e. The molecule has 112 valence electrons. The van der Waals surface area contributed by atoms with Crippen LogP contribution in [-0.2, 0) is 4.79 Å². The van der Waals surface area contributed by atoms with Crippen molar-refractivity contribution < 1.29 is 19.0 Å². The van der Waals surface area contributed by atoms with Crippen LogP contribution < -0.4 is 15.4 Å². The van der Waals surface area contributed by atoms with E-state index in [1.807, 2.05) is 0 Å². The Kier molecular flexibility index (Phi) is 6.70. The fourth-order valence-corrected chi connectivity index (χ4v) is 1.97. The summed E-state index contributed by atoms with van der Waals surface area (Å²) in [4.78, 5) is 11.9. The number of alkyl halides is 1. The van der Waals surface area contributed by atoms with Crippen molar-refractivity contribution in [2.45, 2.75) is 18.6 Å². The molecule has 1 aliphatic heterocycles. The van der Waals surface area contributed by atoms with Crippen molar-refractivity contribution >= 4 is 24.0 Å². The highest BCUT2D eigenvalue weighted by molar-refractivity contribution is 5.95. The number of nitrogens with one attached hydrogen (secondary N) is 2. The maximum atomic E-state index is 12.0. The number of aliphatic hydroxyl groups is 1. The lowest BCUT2D eigenvalue weighted by Gasteiger charge is -2.12. The van der Waals surface area contributed by atoms with Gasteiger partial charge in [0.2, 0.25) is 5.91 Å². The summed E-state index contributed by atoms with van der Waals surface area (Å²) >= 11 is 0. The van der Waals surface area contributed by atoms with Gasteiger partial charge in [0.15, 0.2) is 0 Å². The molecular weight excluding hydrogens is 287 g/mol. The molecule has 0 spiro atoms. The first-order chi connectivity index (χ1) is 9.19. The number of amides is 1. The van der Waals surface area contributed by atoms with Crippen molar-refractivity contribution in [1.82, 2.24) is 5.32 Å². The second kappa shape index (κ2) is 8.04. The summed E-state index contributed by atoms with van der Waals surface area (Å²) in [5.74, 6) is 0.314. The minimum Gasteiger partial charge on any atom is -0.491 e. The Morgan fingerprint density at radius 1 is 1.55 bits per heavy atom. The number of β-amino-alcohol motifs (C(OH)–C–C–N with tert-alkyl or cyclic N) is 1. The quantitative estimate of drug-likeness (QED) is 0.762. The SMILES string of the molecule is Cl.O=C(Nc1cccc(OCCF)c1)C1CC(O)CN1. The third-order valence-electron chi connectivity index (χ3n) is 2.87. The first kappa shape index (κ1) is 16.7. The normalized spacial score (nSPS) is 21.1. The highest BCUT2D eigenvalue weighted by atomic mass is 35.5. The number of rotatable bonds is 5. The van der Waals surface area contributed by atoms with Crippen molar-refractivity contribution in [3.63, 3.8) is 0 Å². The second-order valence-corrected chi connectivity index (χ2v) is 4.40. The molecule has 0 aliphatic carbocycles. The van der Waals surface area contributed by atoms with Gasteiger partial charge in [0.1, 0.15) is 19.0 Å². The van der Waals surface area contributed by atoms with E-state index in [0.717, 1.165) is 0 Å². The highest BCUT2D eigenvalue weighted by Crippen LogP contribution is 2.18. The minimum absolute atomic E-state index is 0. The number of carbonyl (C=O) groups is 1. The smallest absolute Gasteiger partial charge is 0.241 e. The van der Waals surface area contributed by atoms with Gasteiger partial charge in [-0.1, -0.05) is 6.07 Å². The summed E-state index contributed by atoms with van der Waals surface area (Å²) in [6.07, 6.45) is -0.0703. The molecule has 0 radical (unpaired) electrons. The number of carbonyl (C=O) groups excluding carboxylic acids is 1. The Hall–Kier alpha value is -1.37. The van der Waals surface area contributed by atoms with Gasteiger partial charge in [-0.05, 0) is 18.6 Å². The Balaban J connectivity index is 0.00000200. The molecule has 1 saturated heterocycles. The Morgan fingerprint density at radius 2 is 2.35 bits per heavy atom. The van der Waals surface area contributed by atoms with Crippen molar-refractivity contribution in [2.75, 3.05) is 25.1 Å².